The van der Waals surface area contributed by atoms with Crippen molar-refractivity contribution in [1.82, 2.24) is 20.4 Å². The van der Waals surface area contributed by atoms with Crippen LogP contribution in [0.1, 0.15) is 31.2 Å². The van der Waals surface area contributed by atoms with Crippen LogP contribution in [0.25, 0.3) is 11.5 Å². The van der Waals surface area contributed by atoms with Gasteiger partial charge < -0.3 is 19.5 Å². The van der Waals surface area contributed by atoms with Crippen LogP contribution < -0.4 is 10.1 Å². The second-order valence-electron chi connectivity index (χ2n) is 7.91. The van der Waals surface area contributed by atoms with Crippen molar-refractivity contribution >= 4 is 29.9 Å². The van der Waals surface area contributed by atoms with Gasteiger partial charge in [0, 0.05) is 51.5 Å². The topological polar surface area (TPSA) is 75.8 Å². The zero-order valence-electron chi connectivity index (χ0n) is 19.2. The number of aliphatic imine (C=N–C) groups is 1. The molecular weight excluding hydrogens is 529 g/mol. The molecule has 2 heterocycles. The molecule has 4 rings (SSSR count). The van der Waals surface area contributed by atoms with Gasteiger partial charge in [0.2, 0.25) is 0 Å². The monoisotopic (exact) mass is 561 g/mol. The van der Waals surface area contributed by atoms with Crippen molar-refractivity contribution < 1.29 is 9.26 Å². The maximum atomic E-state index is 6.10. The van der Waals surface area contributed by atoms with Gasteiger partial charge in [-0.3, -0.25) is 4.99 Å². The zero-order valence-corrected chi connectivity index (χ0v) is 21.6. The first-order chi connectivity index (χ1) is 15.7. The zero-order chi connectivity index (χ0) is 22.2. The molecule has 0 unspecified atom stereocenters. The Morgan fingerprint density at radius 2 is 1.85 bits per heavy atom. The van der Waals surface area contributed by atoms with Gasteiger partial charge in [-0.2, -0.15) is 4.98 Å². The summed E-state index contributed by atoms with van der Waals surface area (Å²) in [5.74, 6) is 3.21. The Morgan fingerprint density at radius 1 is 1.12 bits per heavy atom. The molecule has 0 aliphatic carbocycles. The Morgan fingerprint density at radius 3 is 2.48 bits per heavy atom. The van der Waals surface area contributed by atoms with Crippen LogP contribution in [0.3, 0.4) is 0 Å². The van der Waals surface area contributed by atoms with E-state index in [1.54, 1.807) is 0 Å². The van der Waals surface area contributed by atoms with Gasteiger partial charge in [0.1, 0.15) is 11.9 Å². The highest BCUT2D eigenvalue weighted by Crippen LogP contribution is 2.19. The number of nitrogens with one attached hydrogen (secondary N) is 1. The van der Waals surface area contributed by atoms with Gasteiger partial charge in [-0.25, -0.2) is 0 Å². The molecule has 1 aliphatic rings. The highest BCUT2D eigenvalue weighted by molar-refractivity contribution is 14.0. The molecule has 0 bridgehead atoms. The van der Waals surface area contributed by atoms with E-state index in [0.717, 1.165) is 68.4 Å². The number of guanidine groups is 1. The molecule has 2 aromatic carbocycles. The number of rotatable bonds is 7. The van der Waals surface area contributed by atoms with E-state index in [9.17, 15) is 0 Å². The number of likely N-dealkylation sites (tertiary alicyclic amines) is 1. The standard InChI is InChI=1S/C25H31N5O2.HI/c1-3-23-28-24(32-29-23)20-11-9-19(10-12-20)13-16-27-25(26-2)30-17-14-22(15-18-30)31-21-7-5-4-6-8-21;/h4-12,22H,3,13-18H2,1-2H3,(H,26,27);1H. The number of ether oxygens (including phenoxy) is 1. The first-order valence-corrected chi connectivity index (χ1v) is 11.3. The Kier molecular flexibility index (Phi) is 9.53. The molecule has 7 nitrogen and oxygen atoms in total. The normalized spacial score (nSPS) is 14.6. The molecule has 0 atom stereocenters. The molecule has 0 saturated carbocycles. The van der Waals surface area contributed by atoms with E-state index in [-0.39, 0.29) is 30.1 Å². The van der Waals surface area contributed by atoms with Gasteiger partial charge in [0.15, 0.2) is 11.8 Å². The predicted octanol–water partition coefficient (Wildman–Crippen LogP) is 4.58. The van der Waals surface area contributed by atoms with E-state index in [0.29, 0.717) is 5.89 Å². The number of hydrogen-bond donors (Lipinski definition) is 1. The highest BCUT2D eigenvalue weighted by atomic mass is 127. The molecular formula is C25H32IN5O2. The lowest BCUT2D eigenvalue weighted by Gasteiger charge is -2.34. The third-order valence-corrected chi connectivity index (χ3v) is 5.68. The second kappa shape index (κ2) is 12.6. The van der Waals surface area contributed by atoms with Crippen LogP contribution in [-0.4, -0.2) is 53.8 Å². The maximum absolute atomic E-state index is 6.10. The number of halogens is 1. The average Bonchev–Trinajstić information content (AvgIpc) is 3.33. The summed E-state index contributed by atoms with van der Waals surface area (Å²) in [7, 11) is 1.85. The van der Waals surface area contributed by atoms with Crippen molar-refractivity contribution in [2.24, 2.45) is 4.99 Å². The highest BCUT2D eigenvalue weighted by Gasteiger charge is 2.22. The fourth-order valence-corrected chi connectivity index (χ4v) is 3.86. The maximum Gasteiger partial charge on any atom is 0.257 e. The molecule has 8 heteroatoms. The second-order valence-corrected chi connectivity index (χ2v) is 7.91. The average molecular weight is 561 g/mol. The van der Waals surface area contributed by atoms with Crippen LogP contribution in [0.4, 0.5) is 0 Å². The van der Waals surface area contributed by atoms with Crippen LogP contribution in [-0.2, 0) is 12.8 Å². The van der Waals surface area contributed by atoms with Gasteiger partial charge in [0.05, 0.1) is 0 Å². The van der Waals surface area contributed by atoms with Crippen molar-refractivity contribution in [3.05, 3.63) is 66.0 Å². The first-order valence-electron chi connectivity index (χ1n) is 11.3. The Balaban J connectivity index is 0.00000306. The third kappa shape index (κ3) is 6.93. The fraction of sp³-hybridized carbons (Fsp3) is 0.400. The number of piperidine rings is 1. The summed E-state index contributed by atoms with van der Waals surface area (Å²) >= 11 is 0. The molecule has 0 amide bonds. The Hall–Kier alpha value is -2.62. The van der Waals surface area contributed by atoms with Crippen LogP contribution in [0.5, 0.6) is 5.75 Å². The van der Waals surface area contributed by atoms with Crippen LogP contribution in [0.2, 0.25) is 0 Å². The van der Waals surface area contributed by atoms with Crippen LogP contribution in [0, 0.1) is 0 Å². The number of nitrogens with zero attached hydrogens (tertiary/aromatic N) is 4. The SMILES string of the molecule is CCc1noc(-c2ccc(CCNC(=NC)N3CCC(Oc4ccccc4)CC3)cc2)n1.I. The summed E-state index contributed by atoms with van der Waals surface area (Å²) in [6.07, 6.45) is 3.93. The Labute approximate surface area is 212 Å². The number of para-hydroxylation sites is 1. The summed E-state index contributed by atoms with van der Waals surface area (Å²) in [5.41, 5.74) is 2.20. The van der Waals surface area contributed by atoms with Crippen LogP contribution in [0.15, 0.2) is 64.1 Å². The molecule has 3 aromatic rings. The van der Waals surface area contributed by atoms with Crippen molar-refractivity contribution in [3.8, 4) is 17.2 Å². The minimum Gasteiger partial charge on any atom is -0.490 e. The summed E-state index contributed by atoms with van der Waals surface area (Å²) in [6.45, 7) is 4.72. The minimum atomic E-state index is 0. The fourth-order valence-electron chi connectivity index (χ4n) is 3.86. The van der Waals surface area contributed by atoms with E-state index in [1.807, 2.05) is 56.4 Å². The van der Waals surface area contributed by atoms with Crippen molar-refractivity contribution in [3.63, 3.8) is 0 Å². The number of benzene rings is 2. The predicted molar refractivity (Wildman–Crippen MR) is 141 cm³/mol. The summed E-state index contributed by atoms with van der Waals surface area (Å²) in [4.78, 5) is 11.2. The minimum absolute atomic E-state index is 0. The summed E-state index contributed by atoms with van der Waals surface area (Å²) < 4.78 is 11.4. The van der Waals surface area contributed by atoms with Crippen molar-refractivity contribution in [2.45, 2.75) is 38.7 Å². The number of aryl methyl sites for hydroxylation is 1. The smallest absolute Gasteiger partial charge is 0.257 e. The van der Waals surface area contributed by atoms with E-state index in [1.165, 1.54) is 5.56 Å². The third-order valence-electron chi connectivity index (χ3n) is 5.68. The molecule has 176 valence electrons. The van der Waals surface area contributed by atoms with Crippen molar-refractivity contribution in [1.29, 1.82) is 0 Å². The van der Waals surface area contributed by atoms with Crippen molar-refractivity contribution in [2.75, 3.05) is 26.7 Å². The lowest BCUT2D eigenvalue weighted by atomic mass is 10.1. The van der Waals surface area contributed by atoms with Gasteiger partial charge in [0.25, 0.3) is 5.89 Å². The molecule has 1 aliphatic heterocycles. The molecule has 33 heavy (non-hydrogen) atoms. The first kappa shape index (κ1) is 25.0. The van der Waals surface area contributed by atoms with Gasteiger partial charge in [-0.1, -0.05) is 42.4 Å². The number of aromatic nitrogens is 2. The van der Waals surface area contributed by atoms with Gasteiger partial charge in [-0.05, 0) is 36.2 Å². The molecule has 0 spiro atoms. The lowest BCUT2D eigenvalue weighted by Crippen LogP contribution is -2.47. The Bertz CT molecular complexity index is 999. The quantitative estimate of drug-likeness (QED) is 0.259. The lowest BCUT2D eigenvalue weighted by molar-refractivity contribution is 0.129. The van der Waals surface area contributed by atoms with E-state index < -0.39 is 0 Å². The van der Waals surface area contributed by atoms with E-state index in [4.69, 9.17) is 9.26 Å². The molecule has 1 fully saturated rings. The summed E-state index contributed by atoms with van der Waals surface area (Å²) in [6, 6.07) is 18.4. The molecule has 1 saturated heterocycles. The number of hydrogen-bond acceptors (Lipinski definition) is 5. The molecule has 1 N–H and O–H groups in total. The van der Waals surface area contributed by atoms with Gasteiger partial charge in [-0.15, -0.1) is 24.0 Å². The summed E-state index contributed by atoms with van der Waals surface area (Å²) in [5, 5.41) is 7.46. The van der Waals surface area contributed by atoms with Gasteiger partial charge >= 0.3 is 0 Å². The van der Waals surface area contributed by atoms with E-state index in [2.05, 4.69) is 37.5 Å². The van der Waals surface area contributed by atoms with E-state index >= 15 is 0 Å². The molecule has 1 aromatic heterocycles. The molecule has 0 radical (unpaired) electrons. The largest absolute Gasteiger partial charge is 0.490 e. The van der Waals surface area contributed by atoms with Crippen LogP contribution >= 0.6 is 24.0 Å².